The number of nitrogens with zero attached hydrogens (tertiary/aromatic N) is 1. The quantitative estimate of drug-likeness (QED) is 0.216. The third kappa shape index (κ3) is 4.24. The number of aryl methyl sites for hydroxylation is 2. The summed E-state index contributed by atoms with van der Waals surface area (Å²) in [5.41, 5.74) is 8.68. The molecular formula is C36H31NO2. The Bertz CT molecular complexity index is 1670. The molecule has 0 unspecified atom stereocenters. The average molecular weight is 510 g/mol. The summed E-state index contributed by atoms with van der Waals surface area (Å²) in [5, 5.41) is 0. The molecule has 1 aliphatic rings. The summed E-state index contributed by atoms with van der Waals surface area (Å²) in [4.78, 5) is 28.4. The van der Waals surface area contributed by atoms with E-state index >= 15 is 0 Å². The van der Waals surface area contributed by atoms with E-state index < -0.39 is 0 Å². The van der Waals surface area contributed by atoms with Crippen LogP contribution in [0.15, 0.2) is 103 Å². The summed E-state index contributed by atoms with van der Waals surface area (Å²) in [6.45, 7) is 4.33. The normalized spacial score (nSPS) is 12.4. The van der Waals surface area contributed by atoms with Crippen molar-refractivity contribution in [1.82, 2.24) is 4.57 Å². The number of aromatic nitrogens is 1. The van der Waals surface area contributed by atoms with E-state index in [1.165, 1.54) is 11.1 Å². The van der Waals surface area contributed by atoms with Gasteiger partial charge in [0.15, 0.2) is 11.6 Å². The number of carbonyl (C=O) groups excluding carboxylic acids is 2. The second-order valence-electron chi connectivity index (χ2n) is 10.2. The van der Waals surface area contributed by atoms with Crippen LogP contribution < -0.4 is 0 Å². The standard InChI is InChI=1S/C36H31NO2/c1-3-5-11-25-18-22-28(23-19-25)37-33(26-12-7-6-8-13-26)31-32(34(37)27-20-16-24(4-2)17-21-27)36(39)30-15-10-9-14-29(30)35(31)38/h6-10,12-23H,3-5,11H2,1-2H3. The van der Waals surface area contributed by atoms with E-state index in [0.29, 0.717) is 22.3 Å². The first-order valence-corrected chi connectivity index (χ1v) is 13.8. The molecule has 0 atom stereocenters. The van der Waals surface area contributed by atoms with Crippen LogP contribution in [0.3, 0.4) is 0 Å². The van der Waals surface area contributed by atoms with Crippen LogP contribution in [0.4, 0.5) is 0 Å². The second-order valence-corrected chi connectivity index (χ2v) is 10.2. The SMILES string of the molecule is CCCCc1ccc(-n2c(-c3ccccc3)c3c(c2-c2ccc(CC)cc2)C(=O)c2ccccc2C3=O)cc1. The lowest BCUT2D eigenvalue weighted by molar-refractivity contribution is 0.0981. The Morgan fingerprint density at radius 1 is 0.564 bits per heavy atom. The molecule has 3 heteroatoms. The van der Waals surface area contributed by atoms with Crippen LogP contribution >= 0.6 is 0 Å². The first kappa shape index (κ1) is 24.8. The van der Waals surface area contributed by atoms with Gasteiger partial charge < -0.3 is 4.57 Å². The third-order valence-corrected chi connectivity index (χ3v) is 7.74. The zero-order chi connectivity index (χ0) is 26.9. The van der Waals surface area contributed by atoms with E-state index in [1.807, 2.05) is 42.5 Å². The van der Waals surface area contributed by atoms with Gasteiger partial charge in [0.2, 0.25) is 0 Å². The minimum absolute atomic E-state index is 0.106. The van der Waals surface area contributed by atoms with Crippen molar-refractivity contribution in [3.63, 3.8) is 0 Å². The zero-order valence-electron chi connectivity index (χ0n) is 22.4. The van der Waals surface area contributed by atoms with Crippen LogP contribution in [0.1, 0.15) is 69.7 Å². The van der Waals surface area contributed by atoms with E-state index in [2.05, 4.69) is 66.9 Å². The Morgan fingerprint density at radius 2 is 1.08 bits per heavy atom. The molecule has 1 heterocycles. The highest BCUT2D eigenvalue weighted by Gasteiger charge is 2.39. The molecule has 6 rings (SSSR count). The monoisotopic (exact) mass is 509 g/mol. The number of unbranched alkanes of at least 4 members (excludes halogenated alkanes) is 1. The van der Waals surface area contributed by atoms with Crippen molar-refractivity contribution in [1.29, 1.82) is 0 Å². The van der Waals surface area contributed by atoms with Crippen molar-refractivity contribution < 1.29 is 9.59 Å². The van der Waals surface area contributed by atoms with Crippen LogP contribution in [0.25, 0.3) is 28.2 Å². The van der Waals surface area contributed by atoms with E-state index in [0.717, 1.165) is 53.9 Å². The maximum atomic E-state index is 14.2. The minimum atomic E-state index is -0.108. The van der Waals surface area contributed by atoms with Crippen LogP contribution in [0, 0.1) is 0 Å². The van der Waals surface area contributed by atoms with E-state index in [9.17, 15) is 9.59 Å². The number of ketones is 2. The van der Waals surface area contributed by atoms with Crippen LogP contribution in [0.5, 0.6) is 0 Å². The van der Waals surface area contributed by atoms with Crippen molar-refractivity contribution in [2.45, 2.75) is 39.5 Å². The predicted octanol–water partition coefficient (Wildman–Crippen LogP) is 8.49. The Labute approximate surface area is 229 Å². The van der Waals surface area contributed by atoms with E-state index in [-0.39, 0.29) is 11.6 Å². The lowest BCUT2D eigenvalue weighted by Gasteiger charge is -2.16. The summed E-state index contributed by atoms with van der Waals surface area (Å²) >= 11 is 0. The molecule has 0 bridgehead atoms. The Hall–Kier alpha value is -4.50. The van der Waals surface area contributed by atoms with Gasteiger partial charge >= 0.3 is 0 Å². The number of fused-ring (bicyclic) bond motifs is 2. The third-order valence-electron chi connectivity index (χ3n) is 7.74. The Kier molecular flexibility index (Phi) is 6.58. The fraction of sp³-hybridized carbons (Fsp3) is 0.167. The number of carbonyl (C=O) groups is 2. The Morgan fingerprint density at radius 3 is 1.62 bits per heavy atom. The summed E-state index contributed by atoms with van der Waals surface area (Å²) in [5.74, 6) is -0.214. The number of rotatable bonds is 7. The number of hydrogen-bond donors (Lipinski definition) is 0. The minimum Gasteiger partial charge on any atom is -0.308 e. The fourth-order valence-corrected chi connectivity index (χ4v) is 5.65. The molecule has 0 N–H and O–H groups in total. The molecule has 0 spiro atoms. The second kappa shape index (κ2) is 10.3. The molecule has 0 radical (unpaired) electrons. The van der Waals surface area contributed by atoms with E-state index in [1.54, 1.807) is 12.1 Å². The molecule has 3 nitrogen and oxygen atoms in total. The van der Waals surface area contributed by atoms with Crippen molar-refractivity contribution >= 4 is 11.6 Å². The molecule has 39 heavy (non-hydrogen) atoms. The molecule has 0 saturated heterocycles. The molecule has 4 aromatic carbocycles. The maximum absolute atomic E-state index is 14.2. The van der Waals surface area contributed by atoms with Crippen molar-refractivity contribution in [2.75, 3.05) is 0 Å². The summed E-state index contributed by atoms with van der Waals surface area (Å²) in [7, 11) is 0. The van der Waals surface area contributed by atoms with Crippen molar-refractivity contribution in [3.8, 4) is 28.2 Å². The first-order chi connectivity index (χ1) is 19.1. The highest BCUT2D eigenvalue weighted by atomic mass is 16.1. The first-order valence-electron chi connectivity index (χ1n) is 13.8. The van der Waals surface area contributed by atoms with Gasteiger partial charge in [0.1, 0.15) is 0 Å². The largest absolute Gasteiger partial charge is 0.308 e. The summed E-state index contributed by atoms with van der Waals surface area (Å²) in [6.07, 6.45) is 4.25. The summed E-state index contributed by atoms with van der Waals surface area (Å²) in [6, 6.07) is 34.1. The molecule has 5 aromatic rings. The van der Waals surface area contributed by atoms with Gasteiger partial charge in [0, 0.05) is 16.8 Å². The highest BCUT2D eigenvalue weighted by molar-refractivity contribution is 6.32. The molecular weight excluding hydrogens is 478 g/mol. The van der Waals surface area contributed by atoms with E-state index in [4.69, 9.17) is 0 Å². The zero-order valence-corrected chi connectivity index (χ0v) is 22.4. The topological polar surface area (TPSA) is 39.1 Å². The van der Waals surface area contributed by atoms with Gasteiger partial charge in [-0.1, -0.05) is 111 Å². The maximum Gasteiger partial charge on any atom is 0.196 e. The smallest absolute Gasteiger partial charge is 0.196 e. The van der Waals surface area contributed by atoms with Crippen molar-refractivity contribution in [2.24, 2.45) is 0 Å². The van der Waals surface area contributed by atoms with Gasteiger partial charge in [-0.05, 0) is 53.6 Å². The molecule has 1 aliphatic carbocycles. The molecule has 0 fully saturated rings. The predicted molar refractivity (Wildman–Crippen MR) is 158 cm³/mol. The lowest BCUT2D eigenvalue weighted by atomic mass is 9.82. The van der Waals surface area contributed by atoms with Gasteiger partial charge in [-0.2, -0.15) is 0 Å². The lowest BCUT2D eigenvalue weighted by Crippen LogP contribution is -2.20. The van der Waals surface area contributed by atoms with Crippen LogP contribution in [0.2, 0.25) is 0 Å². The summed E-state index contributed by atoms with van der Waals surface area (Å²) < 4.78 is 2.13. The molecule has 1 aromatic heterocycles. The van der Waals surface area contributed by atoms with Crippen LogP contribution in [-0.4, -0.2) is 16.1 Å². The molecule has 0 saturated carbocycles. The van der Waals surface area contributed by atoms with Gasteiger partial charge in [0.05, 0.1) is 22.5 Å². The molecule has 0 aliphatic heterocycles. The number of benzene rings is 4. The van der Waals surface area contributed by atoms with Gasteiger partial charge in [-0.25, -0.2) is 0 Å². The molecule has 192 valence electrons. The van der Waals surface area contributed by atoms with Crippen LogP contribution in [-0.2, 0) is 12.8 Å². The average Bonchev–Trinajstić information content (AvgIpc) is 3.36. The van der Waals surface area contributed by atoms with Gasteiger partial charge in [-0.3, -0.25) is 9.59 Å². The van der Waals surface area contributed by atoms with Gasteiger partial charge in [0.25, 0.3) is 0 Å². The molecule has 0 amide bonds. The van der Waals surface area contributed by atoms with Crippen molar-refractivity contribution in [3.05, 3.63) is 137 Å². The highest BCUT2D eigenvalue weighted by Crippen LogP contribution is 2.44. The Balaban J connectivity index is 1.70. The fourth-order valence-electron chi connectivity index (χ4n) is 5.65. The number of hydrogen-bond acceptors (Lipinski definition) is 2. The van der Waals surface area contributed by atoms with Gasteiger partial charge in [-0.15, -0.1) is 0 Å².